The number of guanidine groups is 1. The average Bonchev–Trinajstić information content (AvgIpc) is 2.58. The van der Waals surface area contributed by atoms with Gasteiger partial charge in [-0.3, -0.25) is 0 Å². The van der Waals surface area contributed by atoms with Crippen molar-refractivity contribution in [3.63, 3.8) is 0 Å². The minimum Gasteiger partial charge on any atom is -0.399 e. The molecule has 2 rings (SSSR count). The van der Waals surface area contributed by atoms with Crippen LogP contribution in [0, 0.1) is 6.92 Å². The summed E-state index contributed by atoms with van der Waals surface area (Å²) in [5.41, 5.74) is 18.9. The SMILES string of the molecule is Cc1sc(N=C(N)N)nc1-c1cccc(N)c1.Cl.Cl. The van der Waals surface area contributed by atoms with Gasteiger partial charge in [-0.15, -0.1) is 24.8 Å². The van der Waals surface area contributed by atoms with E-state index in [1.54, 1.807) is 0 Å². The molecule has 0 aliphatic heterocycles. The summed E-state index contributed by atoms with van der Waals surface area (Å²) < 4.78 is 0. The number of anilines is 1. The van der Waals surface area contributed by atoms with E-state index in [2.05, 4.69) is 9.98 Å². The van der Waals surface area contributed by atoms with E-state index >= 15 is 0 Å². The molecule has 0 spiro atoms. The van der Waals surface area contributed by atoms with E-state index in [0.717, 1.165) is 16.1 Å². The van der Waals surface area contributed by atoms with Gasteiger partial charge in [-0.1, -0.05) is 23.5 Å². The van der Waals surface area contributed by atoms with E-state index in [4.69, 9.17) is 17.2 Å². The van der Waals surface area contributed by atoms with Gasteiger partial charge in [0.25, 0.3) is 0 Å². The lowest BCUT2D eigenvalue weighted by Crippen LogP contribution is -2.21. The van der Waals surface area contributed by atoms with Crippen molar-refractivity contribution in [3.05, 3.63) is 29.1 Å². The molecule has 19 heavy (non-hydrogen) atoms. The third kappa shape index (κ3) is 4.27. The van der Waals surface area contributed by atoms with Crippen molar-refractivity contribution < 1.29 is 0 Å². The van der Waals surface area contributed by atoms with Crippen LogP contribution in [0.4, 0.5) is 10.8 Å². The molecule has 5 nitrogen and oxygen atoms in total. The van der Waals surface area contributed by atoms with Crippen LogP contribution >= 0.6 is 36.2 Å². The molecule has 0 saturated carbocycles. The van der Waals surface area contributed by atoms with Crippen LogP contribution in [0.15, 0.2) is 29.3 Å². The molecule has 0 fully saturated rings. The number of aryl methyl sites for hydroxylation is 1. The van der Waals surface area contributed by atoms with E-state index in [1.807, 2.05) is 31.2 Å². The first-order chi connectivity index (χ1) is 8.06. The van der Waals surface area contributed by atoms with Crippen molar-refractivity contribution in [1.82, 2.24) is 4.98 Å². The zero-order chi connectivity index (χ0) is 12.4. The van der Waals surface area contributed by atoms with Gasteiger partial charge >= 0.3 is 0 Å². The molecule has 2 aromatic rings. The van der Waals surface area contributed by atoms with Crippen LogP contribution in [0.3, 0.4) is 0 Å². The fraction of sp³-hybridized carbons (Fsp3) is 0.0909. The minimum atomic E-state index is 0. The summed E-state index contributed by atoms with van der Waals surface area (Å²) in [7, 11) is 0. The smallest absolute Gasteiger partial charge is 0.213 e. The number of hydrogen-bond acceptors (Lipinski definition) is 4. The second-order valence-electron chi connectivity index (χ2n) is 3.56. The van der Waals surface area contributed by atoms with E-state index in [1.165, 1.54) is 11.3 Å². The number of nitrogens with two attached hydrogens (primary N) is 3. The molecule has 0 aliphatic carbocycles. The van der Waals surface area contributed by atoms with Crippen molar-refractivity contribution in [3.8, 4) is 11.3 Å². The maximum absolute atomic E-state index is 5.74. The third-order valence-corrected chi connectivity index (χ3v) is 3.03. The fourth-order valence-corrected chi connectivity index (χ4v) is 2.32. The molecule has 1 aromatic heterocycles. The fourth-order valence-electron chi connectivity index (χ4n) is 1.49. The van der Waals surface area contributed by atoms with Crippen LogP contribution in [0.5, 0.6) is 0 Å². The molecule has 0 bridgehead atoms. The molecule has 0 atom stereocenters. The number of halogens is 2. The normalized spacial score (nSPS) is 9.11. The van der Waals surface area contributed by atoms with Gasteiger partial charge in [0.1, 0.15) is 0 Å². The summed E-state index contributed by atoms with van der Waals surface area (Å²) in [5.74, 6) is 0.0119. The van der Waals surface area contributed by atoms with Gasteiger partial charge in [-0.05, 0) is 19.1 Å². The molecule has 1 heterocycles. The Morgan fingerprint density at radius 1 is 1.26 bits per heavy atom. The number of aliphatic imine (C=N–C) groups is 1. The number of nitrogens with zero attached hydrogens (tertiary/aromatic N) is 2. The van der Waals surface area contributed by atoms with Gasteiger partial charge in [0.2, 0.25) is 5.13 Å². The Morgan fingerprint density at radius 2 is 1.95 bits per heavy atom. The van der Waals surface area contributed by atoms with Crippen LogP contribution in [-0.4, -0.2) is 10.9 Å². The number of thiazole rings is 1. The molecule has 0 unspecified atom stereocenters. The Kier molecular flexibility index (Phi) is 6.61. The first-order valence-electron chi connectivity index (χ1n) is 4.99. The van der Waals surface area contributed by atoms with Crippen LogP contribution < -0.4 is 17.2 Å². The number of aromatic nitrogens is 1. The minimum absolute atomic E-state index is 0. The molecule has 0 amide bonds. The van der Waals surface area contributed by atoms with Crippen molar-refractivity contribution in [2.24, 2.45) is 16.5 Å². The van der Waals surface area contributed by atoms with Gasteiger partial charge in [0, 0.05) is 16.1 Å². The molecule has 1 aromatic carbocycles. The van der Waals surface area contributed by atoms with Crippen molar-refractivity contribution in [2.45, 2.75) is 6.92 Å². The van der Waals surface area contributed by atoms with Gasteiger partial charge in [0.05, 0.1) is 5.69 Å². The maximum Gasteiger partial charge on any atom is 0.213 e. The molecule has 8 heteroatoms. The number of nitrogen functional groups attached to an aromatic ring is 1. The second-order valence-corrected chi connectivity index (χ2v) is 4.75. The van der Waals surface area contributed by atoms with E-state index in [0.29, 0.717) is 10.8 Å². The van der Waals surface area contributed by atoms with E-state index in [9.17, 15) is 0 Å². The summed E-state index contributed by atoms with van der Waals surface area (Å²) in [5, 5.41) is 0.555. The van der Waals surface area contributed by atoms with Crippen LogP contribution in [0.1, 0.15) is 4.88 Å². The van der Waals surface area contributed by atoms with E-state index in [-0.39, 0.29) is 30.8 Å². The van der Waals surface area contributed by atoms with Crippen LogP contribution in [0.2, 0.25) is 0 Å². The highest BCUT2D eigenvalue weighted by Crippen LogP contribution is 2.32. The summed E-state index contributed by atoms with van der Waals surface area (Å²) in [6.45, 7) is 1.97. The lowest BCUT2D eigenvalue weighted by molar-refractivity contribution is 1.31. The van der Waals surface area contributed by atoms with Crippen molar-refractivity contribution in [2.75, 3.05) is 5.73 Å². The molecule has 0 aliphatic rings. The topological polar surface area (TPSA) is 103 Å². The predicted octanol–water partition coefficient (Wildman–Crippen LogP) is 2.45. The van der Waals surface area contributed by atoms with Gasteiger partial charge < -0.3 is 17.2 Å². The Morgan fingerprint density at radius 3 is 2.53 bits per heavy atom. The highest BCUT2D eigenvalue weighted by Gasteiger charge is 2.09. The standard InChI is InChI=1S/C11H13N5S.2ClH/c1-6-9(7-3-2-4-8(12)5-7)15-11(17-6)16-10(13)14;;/h2-5H,12H2,1H3,(H4,13,14,15,16);2*1H. The summed E-state index contributed by atoms with van der Waals surface area (Å²) >= 11 is 1.44. The maximum atomic E-state index is 5.74. The molecule has 0 saturated heterocycles. The van der Waals surface area contributed by atoms with Gasteiger partial charge in [-0.25, -0.2) is 4.98 Å². The summed E-state index contributed by atoms with van der Waals surface area (Å²) in [4.78, 5) is 9.37. The zero-order valence-corrected chi connectivity index (χ0v) is 12.6. The van der Waals surface area contributed by atoms with Gasteiger partial charge in [-0.2, -0.15) is 4.99 Å². The molecular weight excluding hydrogens is 305 g/mol. The van der Waals surface area contributed by atoms with Crippen molar-refractivity contribution >= 4 is 52.9 Å². The van der Waals surface area contributed by atoms with Crippen LogP contribution in [0.25, 0.3) is 11.3 Å². The summed E-state index contributed by atoms with van der Waals surface area (Å²) in [6, 6.07) is 7.56. The Labute approximate surface area is 127 Å². The molecule has 0 radical (unpaired) electrons. The molecular formula is C11H15Cl2N5S. The highest BCUT2D eigenvalue weighted by atomic mass is 35.5. The number of benzene rings is 1. The number of rotatable bonds is 2. The highest BCUT2D eigenvalue weighted by molar-refractivity contribution is 7.15. The Balaban J connectivity index is 0.00000162. The zero-order valence-electron chi connectivity index (χ0n) is 10.2. The number of hydrogen-bond donors (Lipinski definition) is 3. The lowest BCUT2D eigenvalue weighted by Gasteiger charge is -1.99. The van der Waals surface area contributed by atoms with Crippen molar-refractivity contribution in [1.29, 1.82) is 0 Å². The third-order valence-electron chi connectivity index (χ3n) is 2.17. The second kappa shape index (κ2) is 7.18. The molecule has 104 valence electrons. The summed E-state index contributed by atoms with van der Waals surface area (Å²) in [6.07, 6.45) is 0. The molecule has 6 N–H and O–H groups in total. The predicted molar refractivity (Wildman–Crippen MR) is 86.7 cm³/mol. The Bertz CT molecular complexity index is 578. The monoisotopic (exact) mass is 319 g/mol. The first kappa shape index (κ1) is 17.5. The Hall–Kier alpha value is -1.50. The quantitative estimate of drug-likeness (QED) is 0.449. The van der Waals surface area contributed by atoms with E-state index < -0.39 is 0 Å². The van der Waals surface area contributed by atoms with Crippen LogP contribution in [-0.2, 0) is 0 Å². The van der Waals surface area contributed by atoms with Gasteiger partial charge in [0.15, 0.2) is 5.96 Å². The average molecular weight is 320 g/mol. The first-order valence-corrected chi connectivity index (χ1v) is 5.81. The lowest BCUT2D eigenvalue weighted by atomic mass is 10.1. The largest absolute Gasteiger partial charge is 0.399 e.